The monoisotopic (exact) mass is 373 g/mol. The zero-order valence-electron chi connectivity index (χ0n) is 16.2. The summed E-state index contributed by atoms with van der Waals surface area (Å²) in [6, 6.07) is 6.94. The van der Waals surface area contributed by atoms with E-state index in [1.807, 2.05) is 0 Å². The van der Waals surface area contributed by atoms with Crippen LogP contribution in [-0.4, -0.2) is 46.6 Å². The van der Waals surface area contributed by atoms with Crippen molar-refractivity contribution in [1.29, 1.82) is 0 Å². The molecule has 0 aliphatic carbocycles. The molecule has 3 amide bonds. The van der Waals surface area contributed by atoms with Gasteiger partial charge >= 0.3 is 6.09 Å². The Bertz CT molecular complexity index is 707. The Morgan fingerprint density at radius 2 is 1.70 bits per heavy atom. The van der Waals surface area contributed by atoms with Gasteiger partial charge in [-0.3, -0.25) is 9.59 Å². The molecule has 0 atom stereocenters. The lowest BCUT2D eigenvalue weighted by molar-refractivity contribution is -0.116. The van der Waals surface area contributed by atoms with Gasteiger partial charge in [-0.05, 0) is 57.4 Å². The number of hydrogen-bond acceptors (Lipinski definition) is 4. The van der Waals surface area contributed by atoms with E-state index < -0.39 is 11.7 Å². The van der Waals surface area contributed by atoms with Crippen molar-refractivity contribution in [3.8, 4) is 0 Å². The first-order chi connectivity index (χ1) is 12.7. The van der Waals surface area contributed by atoms with Crippen molar-refractivity contribution >= 4 is 17.9 Å². The van der Waals surface area contributed by atoms with Crippen LogP contribution in [0.1, 0.15) is 49.5 Å². The van der Waals surface area contributed by atoms with E-state index in [2.05, 4.69) is 11.9 Å². The third kappa shape index (κ3) is 5.84. The molecule has 0 spiro atoms. The Morgan fingerprint density at radius 1 is 1.11 bits per heavy atom. The number of hydrazine groups is 1. The minimum Gasteiger partial charge on any atom is -0.442 e. The van der Waals surface area contributed by atoms with E-state index in [9.17, 15) is 14.4 Å². The smallest absolute Gasteiger partial charge is 0.429 e. The SMILES string of the molecule is C=CC(=O)NCc1ccc(C(=O)N2CCCCN2C(=O)OC(C)(C)C)cc1. The molecule has 2 rings (SSSR count). The third-order valence-corrected chi connectivity index (χ3v) is 3.97. The van der Waals surface area contributed by atoms with Crippen molar-refractivity contribution in [2.75, 3.05) is 13.1 Å². The summed E-state index contributed by atoms with van der Waals surface area (Å²) in [5, 5.41) is 5.52. The van der Waals surface area contributed by atoms with Crippen molar-refractivity contribution in [2.45, 2.75) is 45.8 Å². The number of carbonyl (C=O) groups is 3. The van der Waals surface area contributed by atoms with E-state index in [1.165, 1.54) is 16.1 Å². The zero-order chi connectivity index (χ0) is 20.0. The summed E-state index contributed by atoms with van der Waals surface area (Å²) in [7, 11) is 0. The van der Waals surface area contributed by atoms with Crippen molar-refractivity contribution in [2.24, 2.45) is 0 Å². The summed E-state index contributed by atoms with van der Waals surface area (Å²) in [5.41, 5.74) is 0.717. The van der Waals surface area contributed by atoms with Gasteiger partial charge in [-0.15, -0.1) is 0 Å². The van der Waals surface area contributed by atoms with Crippen LogP contribution < -0.4 is 5.32 Å². The molecule has 7 heteroatoms. The van der Waals surface area contributed by atoms with Gasteiger partial charge < -0.3 is 10.1 Å². The van der Waals surface area contributed by atoms with E-state index in [0.29, 0.717) is 25.2 Å². The Hall–Kier alpha value is -2.83. The average molecular weight is 373 g/mol. The first kappa shape index (κ1) is 20.5. The van der Waals surface area contributed by atoms with E-state index in [0.717, 1.165) is 18.4 Å². The van der Waals surface area contributed by atoms with E-state index >= 15 is 0 Å². The maximum atomic E-state index is 12.9. The predicted molar refractivity (Wildman–Crippen MR) is 102 cm³/mol. The van der Waals surface area contributed by atoms with Crippen LogP contribution in [0.5, 0.6) is 0 Å². The van der Waals surface area contributed by atoms with Gasteiger partial charge in [0, 0.05) is 25.2 Å². The third-order valence-electron chi connectivity index (χ3n) is 3.97. The van der Waals surface area contributed by atoms with Gasteiger partial charge in [-0.1, -0.05) is 18.7 Å². The second kappa shape index (κ2) is 8.70. The van der Waals surface area contributed by atoms with Crippen LogP contribution >= 0.6 is 0 Å². The van der Waals surface area contributed by atoms with Gasteiger partial charge in [0.1, 0.15) is 5.60 Å². The highest BCUT2D eigenvalue weighted by Crippen LogP contribution is 2.19. The molecule has 1 fully saturated rings. The van der Waals surface area contributed by atoms with Crippen molar-refractivity contribution in [3.63, 3.8) is 0 Å². The molecular formula is C20H27N3O4. The lowest BCUT2D eigenvalue weighted by Crippen LogP contribution is -2.54. The Balaban J connectivity index is 2.08. The van der Waals surface area contributed by atoms with Gasteiger partial charge in [0.25, 0.3) is 5.91 Å². The largest absolute Gasteiger partial charge is 0.442 e. The molecule has 1 heterocycles. The van der Waals surface area contributed by atoms with Crippen molar-refractivity contribution in [3.05, 3.63) is 48.0 Å². The Kier molecular flexibility index (Phi) is 6.60. The first-order valence-electron chi connectivity index (χ1n) is 9.03. The highest BCUT2D eigenvalue weighted by molar-refractivity contribution is 5.95. The molecule has 7 nitrogen and oxygen atoms in total. The molecule has 146 valence electrons. The van der Waals surface area contributed by atoms with Crippen LogP contribution in [0.4, 0.5) is 4.79 Å². The molecule has 0 aromatic heterocycles. The summed E-state index contributed by atoms with van der Waals surface area (Å²) in [4.78, 5) is 36.6. The van der Waals surface area contributed by atoms with Crippen LogP contribution in [0.2, 0.25) is 0 Å². The number of carbonyl (C=O) groups excluding carboxylic acids is 3. The first-order valence-corrected chi connectivity index (χ1v) is 9.03. The molecule has 1 saturated heterocycles. The number of nitrogens with one attached hydrogen (secondary N) is 1. The standard InChI is InChI=1S/C20H27N3O4/c1-5-17(24)21-14-15-8-10-16(11-9-15)18(25)22-12-6-7-13-23(22)19(26)27-20(2,3)4/h5,8-11H,1,6-7,12-14H2,2-4H3,(H,21,24). The lowest BCUT2D eigenvalue weighted by Gasteiger charge is -2.39. The van der Waals surface area contributed by atoms with Gasteiger partial charge in [-0.2, -0.15) is 0 Å². The van der Waals surface area contributed by atoms with E-state index in [-0.39, 0.29) is 11.8 Å². The minimum atomic E-state index is -0.624. The summed E-state index contributed by atoms with van der Waals surface area (Å²) in [6.45, 7) is 10.1. The zero-order valence-corrected chi connectivity index (χ0v) is 16.2. The second-order valence-corrected chi connectivity index (χ2v) is 7.36. The van der Waals surface area contributed by atoms with Crippen LogP contribution in [0.3, 0.4) is 0 Å². The van der Waals surface area contributed by atoms with Crippen molar-refractivity contribution in [1.82, 2.24) is 15.3 Å². The Morgan fingerprint density at radius 3 is 2.26 bits per heavy atom. The van der Waals surface area contributed by atoms with Gasteiger partial charge in [-0.25, -0.2) is 14.8 Å². The van der Waals surface area contributed by atoms with Crippen molar-refractivity contribution < 1.29 is 19.1 Å². The van der Waals surface area contributed by atoms with E-state index in [4.69, 9.17) is 4.74 Å². The van der Waals surface area contributed by atoms with E-state index in [1.54, 1.807) is 45.0 Å². The number of hydrogen-bond donors (Lipinski definition) is 1. The number of amides is 3. The highest BCUT2D eigenvalue weighted by atomic mass is 16.6. The molecule has 0 unspecified atom stereocenters. The van der Waals surface area contributed by atoms with Crippen LogP contribution in [0.15, 0.2) is 36.9 Å². The van der Waals surface area contributed by atoms with Crippen LogP contribution in [0, 0.1) is 0 Å². The molecule has 0 bridgehead atoms. The fraction of sp³-hybridized carbons (Fsp3) is 0.450. The van der Waals surface area contributed by atoms with Gasteiger partial charge in [0.15, 0.2) is 0 Å². The Labute approximate surface area is 159 Å². The average Bonchev–Trinajstić information content (AvgIpc) is 2.64. The predicted octanol–water partition coefficient (Wildman–Crippen LogP) is 2.88. The van der Waals surface area contributed by atoms with Crippen LogP contribution in [0.25, 0.3) is 0 Å². The summed E-state index contributed by atoms with van der Waals surface area (Å²) in [6.07, 6.45) is 2.35. The molecule has 1 aliphatic rings. The quantitative estimate of drug-likeness (QED) is 0.823. The lowest BCUT2D eigenvalue weighted by atomic mass is 10.1. The number of nitrogens with zero attached hydrogens (tertiary/aromatic N) is 2. The number of ether oxygens (including phenoxy) is 1. The summed E-state index contributed by atoms with van der Waals surface area (Å²) in [5.74, 6) is -0.501. The topological polar surface area (TPSA) is 79.0 Å². The van der Waals surface area contributed by atoms with Crippen LogP contribution in [-0.2, 0) is 16.1 Å². The minimum absolute atomic E-state index is 0.248. The fourth-order valence-corrected chi connectivity index (χ4v) is 2.66. The molecule has 1 N–H and O–H groups in total. The molecular weight excluding hydrogens is 346 g/mol. The van der Waals surface area contributed by atoms with Gasteiger partial charge in [0.05, 0.1) is 0 Å². The maximum absolute atomic E-state index is 12.9. The molecule has 1 aromatic carbocycles. The molecule has 1 aliphatic heterocycles. The molecule has 27 heavy (non-hydrogen) atoms. The molecule has 0 radical (unpaired) electrons. The highest BCUT2D eigenvalue weighted by Gasteiger charge is 2.32. The maximum Gasteiger partial charge on any atom is 0.429 e. The molecule has 0 saturated carbocycles. The van der Waals surface area contributed by atoms with Gasteiger partial charge in [0.2, 0.25) is 5.91 Å². The fourth-order valence-electron chi connectivity index (χ4n) is 2.66. The number of rotatable bonds is 4. The second-order valence-electron chi connectivity index (χ2n) is 7.36. The summed E-state index contributed by atoms with van der Waals surface area (Å²) < 4.78 is 5.42. The summed E-state index contributed by atoms with van der Waals surface area (Å²) >= 11 is 0. The normalized spacial score (nSPS) is 14.5. The number of benzene rings is 1. The molecule has 1 aromatic rings.